The quantitative estimate of drug-likeness (QED) is 0.620. The first-order valence-electron chi connectivity index (χ1n) is 6.33. The highest BCUT2D eigenvalue weighted by molar-refractivity contribution is 5.11. The molecule has 1 spiro atoms. The van der Waals surface area contributed by atoms with Crippen LogP contribution in [0.25, 0.3) is 0 Å². The Morgan fingerprint density at radius 3 is 3.07 bits per heavy atom. The molecule has 3 rings (SSSR count). The zero-order valence-corrected chi connectivity index (χ0v) is 9.24. The van der Waals surface area contributed by atoms with E-state index in [1.807, 2.05) is 6.08 Å². The van der Waals surface area contributed by atoms with Crippen LogP contribution in [0, 0.1) is 5.92 Å². The Balaban J connectivity index is 1.94. The predicted molar refractivity (Wildman–Crippen MR) is 58.3 cm³/mol. The van der Waals surface area contributed by atoms with E-state index in [-0.39, 0.29) is 5.60 Å². The first-order chi connectivity index (χ1) is 7.23. The summed E-state index contributed by atoms with van der Waals surface area (Å²) in [6.45, 7) is 0. The number of fused-ring (bicyclic) bond motifs is 1. The Hall–Kier alpha value is -0.340. The van der Waals surface area contributed by atoms with E-state index < -0.39 is 5.79 Å². The van der Waals surface area contributed by atoms with Crippen LogP contribution in [-0.4, -0.2) is 16.5 Å². The van der Waals surface area contributed by atoms with Gasteiger partial charge in [-0.1, -0.05) is 25.3 Å². The van der Waals surface area contributed by atoms with Crippen molar-refractivity contribution in [2.75, 3.05) is 0 Å². The molecule has 84 valence electrons. The second kappa shape index (κ2) is 3.33. The van der Waals surface area contributed by atoms with Gasteiger partial charge >= 0.3 is 0 Å². The molecule has 2 nitrogen and oxygen atoms in total. The van der Waals surface area contributed by atoms with Gasteiger partial charge in [-0.25, -0.2) is 0 Å². The lowest BCUT2D eigenvalue weighted by molar-refractivity contribution is -0.196. The largest absolute Gasteiger partial charge is 0.362 e. The van der Waals surface area contributed by atoms with Gasteiger partial charge in [-0.05, 0) is 37.7 Å². The van der Waals surface area contributed by atoms with E-state index in [2.05, 4.69) is 6.08 Å². The number of hydrogen-bond acceptors (Lipinski definition) is 2. The lowest BCUT2D eigenvalue weighted by atomic mass is 9.78. The van der Waals surface area contributed by atoms with Gasteiger partial charge in [0.05, 0.1) is 5.60 Å². The van der Waals surface area contributed by atoms with Gasteiger partial charge in [0.25, 0.3) is 0 Å². The highest BCUT2D eigenvalue weighted by atomic mass is 16.6. The minimum absolute atomic E-state index is 0.00868. The van der Waals surface area contributed by atoms with E-state index in [9.17, 15) is 5.11 Å². The van der Waals surface area contributed by atoms with Crippen molar-refractivity contribution in [1.82, 2.24) is 0 Å². The third-order valence-electron chi connectivity index (χ3n) is 4.43. The summed E-state index contributed by atoms with van der Waals surface area (Å²) in [4.78, 5) is 0. The molecule has 1 saturated carbocycles. The second-order valence-electron chi connectivity index (χ2n) is 5.45. The van der Waals surface area contributed by atoms with Gasteiger partial charge in [-0.2, -0.15) is 0 Å². The van der Waals surface area contributed by atoms with Crippen molar-refractivity contribution >= 4 is 0 Å². The normalized spacial score (nSPS) is 49.5. The summed E-state index contributed by atoms with van der Waals surface area (Å²) in [5.41, 5.74) is 0.00868. The maximum atomic E-state index is 10.3. The molecule has 0 aromatic heterocycles. The molecule has 3 atom stereocenters. The van der Waals surface area contributed by atoms with Gasteiger partial charge in [0.15, 0.2) is 5.79 Å². The molecular formula is C13H20O2. The van der Waals surface area contributed by atoms with Crippen LogP contribution in [0.15, 0.2) is 12.2 Å². The summed E-state index contributed by atoms with van der Waals surface area (Å²) in [5, 5.41) is 10.3. The second-order valence-corrected chi connectivity index (χ2v) is 5.45. The SMILES string of the molecule is O[C@]12C=CCC[C@@]3(CCCCC[C@H]3C1)O2. The first-order valence-corrected chi connectivity index (χ1v) is 6.33. The Labute approximate surface area is 91.3 Å². The molecule has 2 aliphatic heterocycles. The lowest BCUT2D eigenvalue weighted by Gasteiger charge is -2.33. The van der Waals surface area contributed by atoms with Crippen LogP contribution in [-0.2, 0) is 4.74 Å². The number of aliphatic hydroxyl groups is 1. The molecule has 1 aliphatic carbocycles. The number of ether oxygens (including phenoxy) is 1. The molecule has 0 radical (unpaired) electrons. The van der Waals surface area contributed by atoms with Gasteiger partial charge in [0.2, 0.25) is 0 Å². The van der Waals surface area contributed by atoms with Crippen molar-refractivity contribution in [1.29, 1.82) is 0 Å². The standard InChI is InChI=1S/C13H20O2/c14-13-9-5-4-8-12(15-13)7-3-1-2-6-11(12)10-13/h5,9,11,14H,1-4,6-8,10H2/t11-,12+,13-/m0/s1. The molecular weight excluding hydrogens is 188 g/mol. The summed E-state index contributed by atoms with van der Waals surface area (Å²) >= 11 is 0. The molecule has 1 saturated heterocycles. The molecule has 2 heterocycles. The van der Waals surface area contributed by atoms with Gasteiger partial charge in [-0.15, -0.1) is 0 Å². The number of hydrogen-bond donors (Lipinski definition) is 1. The molecule has 0 unspecified atom stereocenters. The Bertz CT molecular complexity index is 286. The van der Waals surface area contributed by atoms with Crippen LogP contribution >= 0.6 is 0 Å². The lowest BCUT2D eigenvalue weighted by Crippen LogP contribution is -2.36. The average Bonchev–Trinajstić information content (AvgIpc) is 2.37. The molecule has 0 aromatic rings. The van der Waals surface area contributed by atoms with E-state index in [0.717, 1.165) is 25.7 Å². The minimum Gasteiger partial charge on any atom is -0.362 e. The van der Waals surface area contributed by atoms with E-state index in [0.29, 0.717) is 5.92 Å². The summed E-state index contributed by atoms with van der Waals surface area (Å²) < 4.78 is 6.05. The highest BCUT2D eigenvalue weighted by Gasteiger charge is 2.54. The molecule has 2 fully saturated rings. The summed E-state index contributed by atoms with van der Waals surface area (Å²) in [5.74, 6) is -0.339. The van der Waals surface area contributed by atoms with Crippen molar-refractivity contribution in [3.05, 3.63) is 12.2 Å². The van der Waals surface area contributed by atoms with Crippen LogP contribution in [0.1, 0.15) is 51.4 Å². The highest BCUT2D eigenvalue weighted by Crippen LogP contribution is 2.52. The van der Waals surface area contributed by atoms with Crippen molar-refractivity contribution in [2.24, 2.45) is 5.92 Å². The van der Waals surface area contributed by atoms with Crippen molar-refractivity contribution in [2.45, 2.75) is 62.8 Å². The van der Waals surface area contributed by atoms with Crippen molar-refractivity contribution in [3.63, 3.8) is 0 Å². The number of allylic oxidation sites excluding steroid dienone is 1. The molecule has 3 aliphatic rings. The van der Waals surface area contributed by atoms with Crippen LogP contribution in [0.3, 0.4) is 0 Å². The maximum Gasteiger partial charge on any atom is 0.186 e. The van der Waals surface area contributed by atoms with Crippen molar-refractivity contribution < 1.29 is 9.84 Å². The van der Waals surface area contributed by atoms with Gasteiger partial charge in [-0.3, -0.25) is 0 Å². The fraction of sp³-hybridized carbons (Fsp3) is 0.846. The molecule has 2 heteroatoms. The van der Waals surface area contributed by atoms with Gasteiger partial charge in [0, 0.05) is 6.42 Å². The molecule has 0 aromatic carbocycles. The fourth-order valence-corrected chi connectivity index (χ4v) is 3.71. The number of rotatable bonds is 0. The van der Waals surface area contributed by atoms with Gasteiger partial charge in [0.1, 0.15) is 0 Å². The zero-order valence-electron chi connectivity index (χ0n) is 9.24. The Kier molecular flexibility index (Phi) is 2.18. The Morgan fingerprint density at radius 2 is 2.13 bits per heavy atom. The third-order valence-corrected chi connectivity index (χ3v) is 4.43. The van der Waals surface area contributed by atoms with E-state index in [4.69, 9.17) is 4.74 Å². The van der Waals surface area contributed by atoms with Crippen LogP contribution in [0.5, 0.6) is 0 Å². The molecule has 0 amide bonds. The van der Waals surface area contributed by atoms with Crippen LogP contribution < -0.4 is 0 Å². The molecule has 1 N–H and O–H groups in total. The first kappa shape index (κ1) is 9.86. The Morgan fingerprint density at radius 1 is 1.20 bits per heavy atom. The summed E-state index contributed by atoms with van der Waals surface area (Å²) in [7, 11) is 0. The van der Waals surface area contributed by atoms with Crippen molar-refractivity contribution in [3.8, 4) is 0 Å². The topological polar surface area (TPSA) is 29.5 Å². The van der Waals surface area contributed by atoms with E-state index in [1.54, 1.807) is 0 Å². The average molecular weight is 208 g/mol. The van der Waals surface area contributed by atoms with Crippen LogP contribution in [0.4, 0.5) is 0 Å². The van der Waals surface area contributed by atoms with E-state index >= 15 is 0 Å². The minimum atomic E-state index is -0.932. The fourth-order valence-electron chi connectivity index (χ4n) is 3.71. The smallest absolute Gasteiger partial charge is 0.186 e. The molecule has 2 bridgehead atoms. The van der Waals surface area contributed by atoms with E-state index in [1.165, 1.54) is 25.7 Å². The summed E-state index contributed by atoms with van der Waals surface area (Å²) in [6, 6.07) is 0. The monoisotopic (exact) mass is 208 g/mol. The zero-order chi connectivity index (χ0) is 10.4. The predicted octanol–water partition coefficient (Wildman–Crippen LogP) is 2.76. The third kappa shape index (κ3) is 1.55. The van der Waals surface area contributed by atoms with Gasteiger partial charge < -0.3 is 9.84 Å². The maximum absolute atomic E-state index is 10.3. The van der Waals surface area contributed by atoms with Crippen LogP contribution in [0.2, 0.25) is 0 Å². The summed E-state index contributed by atoms with van der Waals surface area (Å²) in [6.07, 6.45) is 13.3. The molecule has 15 heavy (non-hydrogen) atoms.